The smallest absolute Gasteiger partial charge is 0.137 e. The highest BCUT2D eigenvalue weighted by atomic mass is 19.1. The van der Waals surface area contributed by atoms with E-state index < -0.39 is 5.82 Å². The first kappa shape index (κ1) is 16.4. The van der Waals surface area contributed by atoms with Crippen molar-refractivity contribution in [3.8, 4) is 22.4 Å². The Morgan fingerprint density at radius 1 is 0.846 bits per heavy atom. The van der Waals surface area contributed by atoms with Gasteiger partial charge in [-0.25, -0.2) is 9.37 Å². The maximum absolute atomic E-state index is 13.9. The van der Waals surface area contributed by atoms with Gasteiger partial charge >= 0.3 is 0 Å². The zero-order valence-corrected chi connectivity index (χ0v) is 13.9. The molecular weight excluding hydrogens is 331 g/mol. The molecule has 0 spiro atoms. The topological polar surface area (TPSA) is 57.8 Å². The van der Waals surface area contributed by atoms with Gasteiger partial charge in [0.2, 0.25) is 0 Å². The predicted octanol–water partition coefficient (Wildman–Crippen LogP) is 3.79. The molecule has 0 aliphatic rings. The van der Waals surface area contributed by atoms with Crippen LogP contribution >= 0.6 is 0 Å². The van der Waals surface area contributed by atoms with E-state index in [2.05, 4.69) is 4.98 Å². The van der Waals surface area contributed by atoms with Crippen molar-refractivity contribution < 1.29 is 14.6 Å². The van der Waals surface area contributed by atoms with Gasteiger partial charge in [0, 0.05) is 23.5 Å². The van der Waals surface area contributed by atoms with Crippen molar-refractivity contribution in [3.63, 3.8) is 0 Å². The van der Waals surface area contributed by atoms with Crippen LogP contribution in [0, 0.1) is 5.82 Å². The number of rotatable bonds is 4. The monoisotopic (exact) mass is 348 g/mol. The first-order valence-electron chi connectivity index (χ1n) is 8.27. The zero-order valence-electron chi connectivity index (χ0n) is 13.9. The van der Waals surface area contributed by atoms with Crippen LogP contribution in [0.15, 0.2) is 67.0 Å². The molecule has 0 saturated carbocycles. The minimum atomic E-state index is -0.416. The van der Waals surface area contributed by atoms with Crippen LogP contribution in [0.5, 0.6) is 0 Å². The van der Waals surface area contributed by atoms with Gasteiger partial charge in [0.05, 0.1) is 18.9 Å². The molecule has 0 aliphatic carbocycles. The summed E-state index contributed by atoms with van der Waals surface area (Å²) in [6.45, 7) is -0.345. The lowest BCUT2D eigenvalue weighted by atomic mass is 10.0. The highest BCUT2D eigenvalue weighted by molar-refractivity contribution is 5.70. The number of nitrogens with zero attached hydrogens (tertiary/aromatic N) is 2. The Kier molecular flexibility index (Phi) is 4.24. The molecule has 4 aromatic rings. The van der Waals surface area contributed by atoms with Crippen molar-refractivity contribution in [1.82, 2.24) is 9.38 Å². The summed E-state index contributed by atoms with van der Waals surface area (Å²) >= 11 is 0. The average Bonchev–Trinajstić information content (AvgIpc) is 3.11. The molecule has 2 aromatic heterocycles. The maximum Gasteiger partial charge on any atom is 0.137 e. The van der Waals surface area contributed by atoms with Gasteiger partial charge in [0.15, 0.2) is 0 Å². The molecule has 0 bridgehead atoms. The molecule has 0 saturated heterocycles. The number of hydrogen-bond donors (Lipinski definition) is 2. The van der Waals surface area contributed by atoms with Gasteiger partial charge in [0.1, 0.15) is 11.5 Å². The van der Waals surface area contributed by atoms with E-state index >= 15 is 0 Å². The Labute approximate surface area is 149 Å². The van der Waals surface area contributed by atoms with E-state index in [0.29, 0.717) is 5.56 Å². The normalized spacial score (nSPS) is 11.2. The second-order valence-corrected chi connectivity index (χ2v) is 6.09. The highest BCUT2D eigenvalue weighted by Gasteiger charge is 2.11. The van der Waals surface area contributed by atoms with Gasteiger partial charge in [-0.05, 0) is 34.9 Å². The van der Waals surface area contributed by atoms with Gasteiger partial charge in [-0.1, -0.05) is 36.4 Å². The van der Waals surface area contributed by atoms with E-state index in [1.807, 2.05) is 53.2 Å². The molecule has 0 fully saturated rings. The minimum Gasteiger partial charge on any atom is -0.392 e. The summed E-state index contributed by atoms with van der Waals surface area (Å²) in [5, 5.41) is 18.6. The fourth-order valence-corrected chi connectivity index (χ4v) is 3.06. The summed E-state index contributed by atoms with van der Waals surface area (Å²) in [6.07, 6.45) is 3.78. The van der Waals surface area contributed by atoms with E-state index in [0.717, 1.165) is 28.0 Å². The molecule has 0 atom stereocenters. The number of aliphatic hydroxyl groups is 2. The lowest BCUT2D eigenvalue weighted by Gasteiger charge is -2.09. The molecule has 130 valence electrons. The predicted molar refractivity (Wildman–Crippen MR) is 97.9 cm³/mol. The summed E-state index contributed by atoms with van der Waals surface area (Å²) in [7, 11) is 0. The lowest BCUT2D eigenvalue weighted by Crippen LogP contribution is -1.95. The SMILES string of the molecule is OCc1ccc(-c2cn3cc(-c4cccc(F)c4CO)ccc3n2)cc1. The molecule has 26 heavy (non-hydrogen) atoms. The Balaban J connectivity index is 1.78. The van der Waals surface area contributed by atoms with Crippen LogP contribution in [-0.4, -0.2) is 19.6 Å². The van der Waals surface area contributed by atoms with Crippen LogP contribution in [0.25, 0.3) is 28.0 Å². The van der Waals surface area contributed by atoms with Crippen LogP contribution in [0.3, 0.4) is 0 Å². The Morgan fingerprint density at radius 3 is 2.35 bits per heavy atom. The third-order valence-electron chi connectivity index (χ3n) is 4.47. The van der Waals surface area contributed by atoms with Gasteiger partial charge < -0.3 is 14.6 Å². The van der Waals surface area contributed by atoms with Crippen molar-refractivity contribution in [3.05, 3.63) is 83.9 Å². The fourth-order valence-electron chi connectivity index (χ4n) is 3.06. The average molecular weight is 348 g/mol. The molecule has 5 heteroatoms. The van der Waals surface area contributed by atoms with E-state index in [4.69, 9.17) is 5.11 Å². The van der Waals surface area contributed by atoms with E-state index in [9.17, 15) is 9.50 Å². The van der Waals surface area contributed by atoms with Crippen molar-refractivity contribution >= 4 is 5.65 Å². The van der Waals surface area contributed by atoms with E-state index in [1.54, 1.807) is 12.1 Å². The van der Waals surface area contributed by atoms with Crippen molar-refractivity contribution in [2.24, 2.45) is 0 Å². The largest absolute Gasteiger partial charge is 0.392 e. The standard InChI is InChI=1S/C21H17FN2O2/c22-19-3-1-2-17(18(19)13-26)16-8-9-21-23-20(11-24(21)10-16)15-6-4-14(12-25)5-7-15/h1-11,25-26H,12-13H2. The first-order valence-corrected chi connectivity index (χ1v) is 8.27. The molecule has 0 radical (unpaired) electrons. The molecule has 2 heterocycles. The second kappa shape index (κ2) is 6.71. The number of halogens is 1. The highest BCUT2D eigenvalue weighted by Crippen LogP contribution is 2.27. The van der Waals surface area contributed by atoms with Gasteiger partial charge in [0.25, 0.3) is 0 Å². The zero-order chi connectivity index (χ0) is 18.1. The third kappa shape index (κ3) is 2.87. The summed E-state index contributed by atoms with van der Waals surface area (Å²) in [4.78, 5) is 4.61. The fraction of sp³-hybridized carbons (Fsp3) is 0.0952. The molecule has 2 N–H and O–H groups in total. The molecule has 0 amide bonds. The van der Waals surface area contributed by atoms with Crippen LogP contribution in [0.1, 0.15) is 11.1 Å². The number of pyridine rings is 1. The minimum absolute atomic E-state index is 0.00956. The molecule has 2 aromatic carbocycles. The maximum atomic E-state index is 13.9. The van der Waals surface area contributed by atoms with E-state index in [1.165, 1.54) is 6.07 Å². The lowest BCUT2D eigenvalue weighted by molar-refractivity contribution is 0.276. The Hall–Kier alpha value is -3.02. The van der Waals surface area contributed by atoms with E-state index in [-0.39, 0.29) is 18.8 Å². The number of aromatic nitrogens is 2. The quantitative estimate of drug-likeness (QED) is 0.590. The number of fused-ring (bicyclic) bond motifs is 1. The van der Waals surface area contributed by atoms with Crippen LogP contribution in [-0.2, 0) is 13.2 Å². The first-order chi connectivity index (χ1) is 12.7. The van der Waals surface area contributed by atoms with Crippen molar-refractivity contribution in [2.75, 3.05) is 0 Å². The molecule has 0 unspecified atom stereocenters. The number of imidazole rings is 1. The molecule has 4 nitrogen and oxygen atoms in total. The summed E-state index contributed by atoms with van der Waals surface area (Å²) in [5.74, 6) is -0.416. The second-order valence-electron chi connectivity index (χ2n) is 6.09. The number of benzene rings is 2. The molecule has 4 rings (SSSR count). The summed E-state index contributed by atoms with van der Waals surface area (Å²) < 4.78 is 15.8. The van der Waals surface area contributed by atoms with Gasteiger partial charge in [-0.2, -0.15) is 0 Å². The Bertz CT molecular complexity index is 1070. The number of hydrogen-bond acceptors (Lipinski definition) is 3. The molecule has 0 aliphatic heterocycles. The third-order valence-corrected chi connectivity index (χ3v) is 4.47. The van der Waals surface area contributed by atoms with Crippen LogP contribution in [0.4, 0.5) is 4.39 Å². The van der Waals surface area contributed by atoms with Crippen molar-refractivity contribution in [2.45, 2.75) is 13.2 Å². The Morgan fingerprint density at radius 2 is 1.62 bits per heavy atom. The summed E-state index contributed by atoms with van der Waals surface area (Å²) in [5.41, 5.74) is 5.14. The van der Waals surface area contributed by atoms with Crippen LogP contribution in [0.2, 0.25) is 0 Å². The van der Waals surface area contributed by atoms with Gasteiger partial charge in [-0.3, -0.25) is 0 Å². The van der Waals surface area contributed by atoms with Gasteiger partial charge in [-0.15, -0.1) is 0 Å². The number of aliphatic hydroxyl groups excluding tert-OH is 2. The molecular formula is C21H17FN2O2. The van der Waals surface area contributed by atoms with Crippen LogP contribution < -0.4 is 0 Å². The van der Waals surface area contributed by atoms with Crippen molar-refractivity contribution in [1.29, 1.82) is 0 Å². The summed E-state index contributed by atoms with van der Waals surface area (Å²) in [6, 6.07) is 16.1.